The van der Waals surface area contributed by atoms with E-state index in [1.54, 1.807) is 4.90 Å². The van der Waals surface area contributed by atoms with Crippen LogP contribution >= 0.6 is 11.8 Å². The van der Waals surface area contributed by atoms with Crippen molar-refractivity contribution >= 4 is 40.6 Å². The third kappa shape index (κ3) is 3.92. The van der Waals surface area contributed by atoms with Gasteiger partial charge >= 0.3 is 0 Å². The number of para-hydroxylation sites is 2. The molecule has 3 aliphatic heterocycles. The number of fused-ring (bicyclic) bond motifs is 2. The third-order valence-electron chi connectivity index (χ3n) is 7.63. The highest BCUT2D eigenvalue weighted by Gasteiger charge is 2.63. The second kappa shape index (κ2) is 9.23. The lowest BCUT2D eigenvalue weighted by Gasteiger charge is -2.38. The first kappa shape index (κ1) is 24.1. The monoisotopic (exact) mass is 512 g/mol. The van der Waals surface area contributed by atoms with Crippen LogP contribution in [-0.2, 0) is 14.5 Å². The Morgan fingerprint density at radius 1 is 0.838 bits per heavy atom. The van der Waals surface area contributed by atoms with Crippen molar-refractivity contribution in [3.63, 3.8) is 0 Å². The minimum absolute atomic E-state index is 0.0171. The van der Waals surface area contributed by atoms with Gasteiger partial charge in [0.25, 0.3) is 5.91 Å². The van der Waals surface area contributed by atoms with Crippen molar-refractivity contribution in [2.75, 3.05) is 47.5 Å². The molecule has 2 saturated heterocycles. The van der Waals surface area contributed by atoms with Gasteiger partial charge in [-0.25, -0.2) is 0 Å². The number of carbonyl (C=O) groups excluding carboxylic acids is 2. The van der Waals surface area contributed by atoms with E-state index in [1.165, 1.54) is 17.4 Å². The maximum atomic E-state index is 14.5. The van der Waals surface area contributed by atoms with Gasteiger partial charge < -0.3 is 4.90 Å². The van der Waals surface area contributed by atoms with Gasteiger partial charge in [0.1, 0.15) is 0 Å². The summed E-state index contributed by atoms with van der Waals surface area (Å²) in [4.78, 5) is 35.4. The number of hydrogen-bond acceptors (Lipinski definition) is 5. The summed E-state index contributed by atoms with van der Waals surface area (Å²) in [6.07, 6.45) is 0. The van der Waals surface area contributed by atoms with Crippen LogP contribution in [0.2, 0.25) is 0 Å². The number of rotatable bonds is 4. The molecule has 1 spiro atoms. The lowest BCUT2D eigenvalue weighted by Crippen LogP contribution is -2.54. The molecule has 3 aromatic carbocycles. The van der Waals surface area contributed by atoms with Crippen molar-refractivity contribution in [2.45, 2.75) is 30.9 Å². The van der Waals surface area contributed by atoms with E-state index in [1.807, 2.05) is 68.1 Å². The van der Waals surface area contributed by atoms with Crippen molar-refractivity contribution < 1.29 is 9.59 Å². The summed E-state index contributed by atoms with van der Waals surface area (Å²) in [5, 5.41) is -0.313. The zero-order valence-corrected chi connectivity index (χ0v) is 22.4. The zero-order valence-electron chi connectivity index (χ0n) is 21.6. The summed E-state index contributed by atoms with van der Waals surface area (Å²) in [5.74, 6) is -0.0440. The molecule has 3 aliphatic rings. The molecule has 2 atom stereocenters. The molecule has 37 heavy (non-hydrogen) atoms. The first-order chi connectivity index (χ1) is 17.9. The SMILES string of the molecule is Cc1cc(C)cc(N2C(=O)[C@H](C)S[C@@]23C(=O)N(CN2CCN(c4ccccc4)CC2)c2ccccc23)c1. The number of benzene rings is 3. The van der Waals surface area contributed by atoms with Gasteiger partial charge in [0, 0.05) is 43.1 Å². The Balaban J connectivity index is 1.32. The Bertz CT molecular complexity index is 1330. The maximum Gasteiger partial charge on any atom is 0.269 e. The highest BCUT2D eigenvalue weighted by Crippen LogP contribution is 2.57. The van der Waals surface area contributed by atoms with Gasteiger partial charge in [0.05, 0.1) is 17.6 Å². The number of anilines is 3. The van der Waals surface area contributed by atoms with E-state index >= 15 is 0 Å². The fourth-order valence-electron chi connectivity index (χ4n) is 5.94. The fourth-order valence-corrected chi connectivity index (χ4v) is 7.47. The molecule has 0 radical (unpaired) electrons. The minimum Gasteiger partial charge on any atom is -0.369 e. The van der Waals surface area contributed by atoms with Gasteiger partial charge in [-0.2, -0.15) is 0 Å². The van der Waals surface area contributed by atoms with E-state index in [-0.39, 0.29) is 17.1 Å². The van der Waals surface area contributed by atoms with E-state index in [9.17, 15) is 9.59 Å². The van der Waals surface area contributed by atoms with Crippen LogP contribution in [0, 0.1) is 13.8 Å². The molecule has 0 bridgehead atoms. The third-order valence-corrected chi connectivity index (χ3v) is 9.10. The van der Waals surface area contributed by atoms with E-state index in [0.717, 1.165) is 54.2 Å². The summed E-state index contributed by atoms with van der Waals surface area (Å²) < 4.78 is 0. The van der Waals surface area contributed by atoms with Crippen LogP contribution in [0.3, 0.4) is 0 Å². The van der Waals surface area contributed by atoms with Crippen LogP contribution in [-0.4, -0.2) is 54.8 Å². The molecule has 7 heteroatoms. The summed E-state index contributed by atoms with van der Waals surface area (Å²) >= 11 is 1.47. The van der Waals surface area contributed by atoms with Gasteiger partial charge in [0.15, 0.2) is 0 Å². The molecule has 2 fully saturated rings. The number of carbonyl (C=O) groups is 2. The van der Waals surface area contributed by atoms with Crippen molar-refractivity contribution in [3.8, 4) is 0 Å². The number of piperazine rings is 1. The molecule has 190 valence electrons. The van der Waals surface area contributed by atoms with Crippen LogP contribution in [0.1, 0.15) is 23.6 Å². The summed E-state index contributed by atoms with van der Waals surface area (Å²) in [6.45, 7) is 10.1. The number of nitrogens with zero attached hydrogens (tertiary/aromatic N) is 4. The first-order valence-corrected chi connectivity index (χ1v) is 13.8. The topological polar surface area (TPSA) is 47.1 Å². The summed E-state index contributed by atoms with van der Waals surface area (Å²) in [7, 11) is 0. The van der Waals surface area contributed by atoms with Gasteiger partial charge in [-0.05, 0) is 62.2 Å². The van der Waals surface area contributed by atoms with E-state index in [4.69, 9.17) is 0 Å². The van der Waals surface area contributed by atoms with Crippen molar-refractivity contribution in [3.05, 3.63) is 89.5 Å². The van der Waals surface area contributed by atoms with Gasteiger partial charge in [0.2, 0.25) is 10.8 Å². The second-order valence-corrected chi connectivity index (χ2v) is 11.8. The zero-order chi connectivity index (χ0) is 25.7. The summed E-state index contributed by atoms with van der Waals surface area (Å²) in [5.41, 5.74) is 6.00. The quantitative estimate of drug-likeness (QED) is 0.505. The van der Waals surface area contributed by atoms with Crippen LogP contribution < -0.4 is 14.7 Å². The van der Waals surface area contributed by atoms with Crippen LogP contribution in [0.4, 0.5) is 17.1 Å². The smallest absolute Gasteiger partial charge is 0.269 e. The van der Waals surface area contributed by atoms with Crippen molar-refractivity contribution in [2.24, 2.45) is 0 Å². The molecule has 0 aliphatic carbocycles. The molecule has 0 saturated carbocycles. The van der Waals surface area contributed by atoms with E-state index in [0.29, 0.717) is 6.67 Å². The van der Waals surface area contributed by atoms with Crippen molar-refractivity contribution in [1.82, 2.24) is 4.90 Å². The second-order valence-electron chi connectivity index (χ2n) is 10.3. The number of aryl methyl sites for hydroxylation is 2. The van der Waals surface area contributed by atoms with Crippen LogP contribution in [0.15, 0.2) is 72.8 Å². The molecule has 6 nitrogen and oxygen atoms in total. The van der Waals surface area contributed by atoms with Crippen LogP contribution in [0.25, 0.3) is 0 Å². The molecule has 0 unspecified atom stereocenters. The number of thioether (sulfide) groups is 1. The van der Waals surface area contributed by atoms with Crippen LogP contribution in [0.5, 0.6) is 0 Å². The molecular formula is C30H32N4O2S. The van der Waals surface area contributed by atoms with Gasteiger partial charge in [-0.1, -0.05) is 42.5 Å². The number of hydrogen-bond donors (Lipinski definition) is 0. The Labute approximate surface area is 222 Å². The lowest BCUT2D eigenvalue weighted by atomic mass is 10.0. The average Bonchev–Trinajstić information content (AvgIpc) is 3.30. The molecule has 6 rings (SSSR count). The highest BCUT2D eigenvalue weighted by molar-refractivity contribution is 8.03. The lowest BCUT2D eigenvalue weighted by molar-refractivity contribution is -0.124. The molecule has 0 aromatic heterocycles. The van der Waals surface area contributed by atoms with E-state index < -0.39 is 4.87 Å². The number of amides is 2. The standard InChI is InChI=1S/C30H32N4O2S/c1-21-17-22(2)19-25(18-21)34-28(35)23(3)37-30(34)26-11-7-8-12-27(26)33(29(30)36)20-31-13-15-32(16-14-31)24-9-5-4-6-10-24/h4-12,17-19,23H,13-16,20H2,1-3H3/t23-,30-/m0/s1. The highest BCUT2D eigenvalue weighted by atomic mass is 32.2. The molecule has 2 amide bonds. The Morgan fingerprint density at radius 3 is 2.19 bits per heavy atom. The predicted molar refractivity (Wildman–Crippen MR) is 151 cm³/mol. The Kier molecular flexibility index (Phi) is 6.00. The molecule has 3 heterocycles. The average molecular weight is 513 g/mol. The largest absolute Gasteiger partial charge is 0.369 e. The Hall–Kier alpha value is -3.29. The maximum absolute atomic E-state index is 14.5. The van der Waals surface area contributed by atoms with Gasteiger partial charge in [-0.15, -0.1) is 11.8 Å². The summed E-state index contributed by atoms with van der Waals surface area (Å²) in [6, 6.07) is 24.6. The normalized spacial score (nSPS) is 23.9. The van der Waals surface area contributed by atoms with Gasteiger partial charge in [-0.3, -0.25) is 24.3 Å². The molecular weight excluding hydrogens is 480 g/mol. The van der Waals surface area contributed by atoms with Crippen molar-refractivity contribution in [1.29, 1.82) is 0 Å². The minimum atomic E-state index is -1.08. The van der Waals surface area contributed by atoms with E-state index in [2.05, 4.69) is 40.1 Å². The fraction of sp³-hybridized carbons (Fsp3) is 0.333. The first-order valence-electron chi connectivity index (χ1n) is 12.9. The molecule has 0 N–H and O–H groups in total. The molecule has 3 aromatic rings. The Morgan fingerprint density at radius 2 is 1.49 bits per heavy atom. The predicted octanol–water partition coefficient (Wildman–Crippen LogP) is 4.75.